The van der Waals surface area contributed by atoms with E-state index in [0.717, 1.165) is 48.0 Å². The number of fused-ring (bicyclic) bond motifs is 1. The molecule has 0 saturated carbocycles. The zero-order valence-corrected chi connectivity index (χ0v) is 19.3. The lowest BCUT2D eigenvalue weighted by molar-refractivity contribution is 0.146. The van der Waals surface area contributed by atoms with E-state index < -0.39 is 0 Å². The largest absolute Gasteiger partial charge is 0.331 e. The van der Waals surface area contributed by atoms with Gasteiger partial charge in [0.15, 0.2) is 5.65 Å². The minimum absolute atomic E-state index is 0.104. The minimum atomic E-state index is -0.283. The summed E-state index contributed by atoms with van der Waals surface area (Å²) in [5.41, 5.74) is 3.13. The Balaban J connectivity index is 1.50. The Kier molecular flexibility index (Phi) is 6.36. The molecule has 1 aromatic carbocycles. The van der Waals surface area contributed by atoms with Crippen molar-refractivity contribution in [3.05, 3.63) is 46.2 Å². The first-order chi connectivity index (χ1) is 14.8. The van der Waals surface area contributed by atoms with Crippen LogP contribution in [0.5, 0.6) is 0 Å². The maximum Gasteiger partial charge on any atom is 0.317 e. The summed E-state index contributed by atoms with van der Waals surface area (Å²) in [6, 6.07) is 5.64. The maximum absolute atomic E-state index is 12.8. The number of halogens is 2. The minimum Gasteiger partial charge on any atom is -0.331 e. The molecule has 2 amide bonds. The number of H-pyrrole nitrogens is 1. The van der Waals surface area contributed by atoms with Crippen LogP contribution in [0.3, 0.4) is 0 Å². The molecule has 3 heterocycles. The van der Waals surface area contributed by atoms with Crippen molar-refractivity contribution in [3.8, 4) is 11.1 Å². The van der Waals surface area contributed by atoms with Gasteiger partial charge < -0.3 is 15.1 Å². The van der Waals surface area contributed by atoms with Crippen LogP contribution in [0.1, 0.15) is 31.4 Å². The Hall–Kier alpha value is -2.35. The number of amides is 2. The number of aromatic amines is 1. The number of urea groups is 1. The highest BCUT2D eigenvalue weighted by Gasteiger charge is 2.25. The first-order valence-corrected chi connectivity index (χ1v) is 11.1. The number of carbonyl (C=O) groups excluding carboxylic acids is 1. The lowest BCUT2D eigenvalue weighted by Crippen LogP contribution is -2.48. The number of rotatable bonds is 4. The number of benzene rings is 1. The van der Waals surface area contributed by atoms with E-state index in [1.165, 1.54) is 0 Å². The zero-order valence-electron chi connectivity index (χ0n) is 17.8. The molecular formula is C22H26Cl2N6O. The van der Waals surface area contributed by atoms with Crippen LogP contribution in [-0.4, -0.2) is 64.2 Å². The molecule has 1 atom stereocenters. The summed E-state index contributed by atoms with van der Waals surface area (Å²) >= 11 is 13.3. The van der Waals surface area contributed by atoms with E-state index in [0.29, 0.717) is 15.7 Å². The monoisotopic (exact) mass is 460 g/mol. The molecule has 2 aromatic heterocycles. The summed E-state index contributed by atoms with van der Waals surface area (Å²) in [5, 5.41) is 11.7. The molecule has 31 heavy (non-hydrogen) atoms. The van der Waals surface area contributed by atoms with Crippen molar-refractivity contribution in [1.82, 2.24) is 30.3 Å². The van der Waals surface area contributed by atoms with Gasteiger partial charge in [-0.05, 0) is 51.5 Å². The fourth-order valence-electron chi connectivity index (χ4n) is 4.02. The molecule has 0 radical (unpaired) electrons. The molecule has 1 aliphatic heterocycles. The van der Waals surface area contributed by atoms with Gasteiger partial charge in [0.1, 0.15) is 0 Å². The van der Waals surface area contributed by atoms with Gasteiger partial charge in [-0.2, -0.15) is 5.10 Å². The van der Waals surface area contributed by atoms with Crippen LogP contribution in [-0.2, 0) is 0 Å². The molecule has 164 valence electrons. The van der Waals surface area contributed by atoms with Gasteiger partial charge in [-0.25, -0.2) is 9.78 Å². The molecule has 0 spiro atoms. The normalized spacial score (nSPS) is 16.4. The van der Waals surface area contributed by atoms with Crippen molar-refractivity contribution >= 4 is 40.3 Å². The van der Waals surface area contributed by atoms with Crippen molar-refractivity contribution in [3.63, 3.8) is 0 Å². The summed E-state index contributed by atoms with van der Waals surface area (Å²) in [5.74, 6) is 0. The molecule has 2 N–H and O–H groups in total. The van der Waals surface area contributed by atoms with Gasteiger partial charge >= 0.3 is 6.03 Å². The molecule has 0 aliphatic carbocycles. The van der Waals surface area contributed by atoms with E-state index in [9.17, 15) is 4.79 Å². The highest BCUT2D eigenvalue weighted by molar-refractivity contribution is 6.44. The smallest absolute Gasteiger partial charge is 0.317 e. The lowest BCUT2D eigenvalue weighted by atomic mass is 10.0. The summed E-state index contributed by atoms with van der Waals surface area (Å²) in [4.78, 5) is 21.3. The number of nitrogens with zero attached hydrogens (tertiary/aromatic N) is 4. The van der Waals surface area contributed by atoms with Gasteiger partial charge in [-0.1, -0.05) is 35.3 Å². The van der Waals surface area contributed by atoms with E-state index >= 15 is 0 Å². The quantitative estimate of drug-likeness (QED) is 0.589. The topological polar surface area (TPSA) is 77.2 Å². The number of hydrogen-bond acceptors (Lipinski definition) is 4. The van der Waals surface area contributed by atoms with Crippen LogP contribution in [0.4, 0.5) is 4.79 Å². The van der Waals surface area contributed by atoms with Crippen LogP contribution in [0.15, 0.2) is 30.6 Å². The molecule has 1 fully saturated rings. The SMILES string of the molecule is CC(NC(=O)N(C)C1CCN(C)CC1)c1ccc(-c2cnc3[nH]ncc3c2)c(Cl)c1Cl. The fraction of sp³-hybridized carbons (Fsp3) is 0.409. The number of pyridine rings is 1. The third-order valence-corrected chi connectivity index (χ3v) is 6.97. The average molecular weight is 461 g/mol. The Bertz CT molecular complexity index is 1090. The molecule has 1 aliphatic rings. The number of nitrogens with one attached hydrogen (secondary N) is 2. The van der Waals surface area contributed by atoms with Crippen LogP contribution < -0.4 is 5.32 Å². The van der Waals surface area contributed by atoms with E-state index in [1.807, 2.05) is 32.2 Å². The van der Waals surface area contributed by atoms with Gasteiger partial charge in [0.25, 0.3) is 0 Å². The Morgan fingerprint density at radius 1 is 1.26 bits per heavy atom. The van der Waals surface area contributed by atoms with Gasteiger partial charge in [0.05, 0.1) is 22.3 Å². The summed E-state index contributed by atoms with van der Waals surface area (Å²) in [6.07, 6.45) is 5.41. The number of likely N-dealkylation sites (tertiary alicyclic amines) is 1. The Labute approximate surface area is 191 Å². The second-order valence-electron chi connectivity index (χ2n) is 8.18. The average Bonchev–Trinajstić information content (AvgIpc) is 3.23. The number of aromatic nitrogens is 3. The van der Waals surface area contributed by atoms with Crippen molar-refractivity contribution < 1.29 is 4.79 Å². The highest BCUT2D eigenvalue weighted by Crippen LogP contribution is 2.38. The third kappa shape index (κ3) is 4.49. The predicted molar refractivity (Wildman–Crippen MR) is 125 cm³/mol. The Morgan fingerprint density at radius 3 is 2.74 bits per heavy atom. The lowest BCUT2D eigenvalue weighted by Gasteiger charge is -2.35. The molecule has 1 saturated heterocycles. The zero-order chi connectivity index (χ0) is 22.1. The molecule has 3 aromatic rings. The van der Waals surface area contributed by atoms with Crippen molar-refractivity contribution in [2.24, 2.45) is 0 Å². The van der Waals surface area contributed by atoms with Gasteiger partial charge in [-0.3, -0.25) is 5.10 Å². The molecule has 7 nitrogen and oxygen atoms in total. The maximum atomic E-state index is 12.8. The number of piperidine rings is 1. The predicted octanol–water partition coefficient (Wildman–Crippen LogP) is 4.73. The van der Waals surface area contributed by atoms with Crippen LogP contribution in [0.2, 0.25) is 10.0 Å². The van der Waals surface area contributed by atoms with Crippen LogP contribution in [0, 0.1) is 0 Å². The molecule has 9 heteroatoms. The van der Waals surface area contributed by atoms with E-state index in [2.05, 4.69) is 32.4 Å². The third-order valence-electron chi connectivity index (χ3n) is 6.08. The summed E-state index contributed by atoms with van der Waals surface area (Å²) in [7, 11) is 3.96. The van der Waals surface area contributed by atoms with Crippen molar-refractivity contribution in [1.29, 1.82) is 0 Å². The van der Waals surface area contributed by atoms with E-state index in [1.54, 1.807) is 17.3 Å². The standard InChI is InChI=1S/C22H26Cl2N6O/c1-13(27-22(31)30(3)16-6-8-29(2)9-7-16)17-4-5-18(20(24)19(17)23)14-10-15-12-26-28-21(15)25-11-14/h4-5,10-13,16H,6-9H2,1-3H3,(H,27,31)(H,25,26,28). The van der Waals surface area contributed by atoms with Crippen LogP contribution in [0.25, 0.3) is 22.2 Å². The molecule has 1 unspecified atom stereocenters. The van der Waals surface area contributed by atoms with Crippen molar-refractivity contribution in [2.75, 3.05) is 27.2 Å². The first kappa shape index (κ1) is 21.9. The van der Waals surface area contributed by atoms with Gasteiger partial charge in [0.2, 0.25) is 0 Å². The molecular weight excluding hydrogens is 435 g/mol. The molecule has 4 rings (SSSR count). The molecule has 0 bridgehead atoms. The van der Waals surface area contributed by atoms with Gasteiger partial charge in [0, 0.05) is 35.8 Å². The van der Waals surface area contributed by atoms with Crippen LogP contribution >= 0.6 is 23.2 Å². The van der Waals surface area contributed by atoms with Gasteiger partial charge in [-0.15, -0.1) is 0 Å². The fourth-order valence-corrected chi connectivity index (χ4v) is 4.63. The second kappa shape index (κ2) is 9.02. The summed E-state index contributed by atoms with van der Waals surface area (Å²) < 4.78 is 0. The van der Waals surface area contributed by atoms with E-state index in [4.69, 9.17) is 23.2 Å². The number of carbonyl (C=O) groups is 1. The highest BCUT2D eigenvalue weighted by atomic mass is 35.5. The van der Waals surface area contributed by atoms with E-state index in [-0.39, 0.29) is 18.1 Å². The Morgan fingerprint density at radius 2 is 2.00 bits per heavy atom. The summed E-state index contributed by atoms with van der Waals surface area (Å²) in [6.45, 7) is 3.91. The van der Waals surface area contributed by atoms with Crippen molar-refractivity contribution in [2.45, 2.75) is 31.8 Å². The number of hydrogen-bond donors (Lipinski definition) is 2. The second-order valence-corrected chi connectivity index (χ2v) is 8.93. The first-order valence-electron chi connectivity index (χ1n) is 10.3.